The van der Waals surface area contributed by atoms with Crippen LogP contribution in [0.1, 0.15) is 23.7 Å². The lowest BCUT2D eigenvalue weighted by atomic mass is 10.0. The van der Waals surface area contributed by atoms with E-state index in [2.05, 4.69) is 16.6 Å². The first-order valence-corrected chi connectivity index (χ1v) is 10.3. The van der Waals surface area contributed by atoms with Crippen LogP contribution in [0.3, 0.4) is 0 Å². The Labute approximate surface area is 162 Å². The number of ether oxygens (including phenoxy) is 1. The number of hydrogen-bond acceptors (Lipinski definition) is 5. The van der Waals surface area contributed by atoms with E-state index >= 15 is 0 Å². The van der Waals surface area contributed by atoms with Gasteiger partial charge in [-0.15, -0.1) is 0 Å². The molecule has 0 heterocycles. The third-order valence-corrected chi connectivity index (χ3v) is 4.80. The van der Waals surface area contributed by atoms with E-state index in [1.807, 2.05) is 0 Å². The highest BCUT2D eigenvalue weighted by molar-refractivity contribution is 7.88. The summed E-state index contributed by atoms with van der Waals surface area (Å²) in [7, 11) is -3.31. The second-order valence-electron chi connectivity index (χ2n) is 5.33. The fourth-order valence-corrected chi connectivity index (χ4v) is 2.74. The molecule has 1 aromatic carbocycles. The van der Waals surface area contributed by atoms with Crippen LogP contribution in [-0.2, 0) is 14.8 Å². The number of nitrogens with one attached hydrogen (secondary N) is 2. The molecule has 10 heteroatoms. The molecule has 0 atom stereocenters. The second kappa shape index (κ2) is 9.91. The first-order chi connectivity index (χ1) is 12.1. The van der Waals surface area contributed by atoms with Crippen LogP contribution >= 0.6 is 23.2 Å². The van der Waals surface area contributed by atoms with Crippen LogP contribution in [0, 0.1) is 0 Å². The first-order valence-electron chi connectivity index (χ1n) is 7.61. The number of allylic oxidation sites excluding steroid dienone is 1. The Morgan fingerprint density at radius 3 is 2.42 bits per heavy atom. The summed E-state index contributed by atoms with van der Waals surface area (Å²) in [6.07, 6.45) is 1.51. The van der Waals surface area contributed by atoms with Gasteiger partial charge in [0.2, 0.25) is 10.0 Å². The zero-order valence-corrected chi connectivity index (χ0v) is 16.7. The van der Waals surface area contributed by atoms with E-state index in [1.165, 1.54) is 12.1 Å². The van der Waals surface area contributed by atoms with Crippen LogP contribution in [0.15, 0.2) is 24.3 Å². The van der Waals surface area contributed by atoms with Crippen molar-refractivity contribution < 1.29 is 22.7 Å². The van der Waals surface area contributed by atoms with Crippen LogP contribution in [0.4, 0.5) is 0 Å². The fraction of sp³-hybridized carbons (Fsp3) is 0.375. The fourth-order valence-electron chi connectivity index (χ4n) is 1.80. The number of sulfonamides is 1. The lowest BCUT2D eigenvalue weighted by molar-refractivity contribution is -0.123. The highest BCUT2D eigenvalue weighted by Crippen LogP contribution is 2.35. The number of carbonyl (C=O) groups is 2. The Bertz CT molecular complexity index is 809. The minimum absolute atomic E-state index is 0.0213. The third-order valence-electron chi connectivity index (χ3n) is 3.21. The van der Waals surface area contributed by atoms with Gasteiger partial charge in [0, 0.05) is 18.7 Å². The average Bonchev–Trinajstić information content (AvgIpc) is 2.58. The van der Waals surface area contributed by atoms with Crippen molar-refractivity contribution in [2.24, 2.45) is 0 Å². The lowest BCUT2D eigenvalue weighted by Gasteiger charge is -2.12. The number of amides is 1. The zero-order chi connectivity index (χ0) is 19.9. The highest BCUT2D eigenvalue weighted by Gasteiger charge is 2.18. The molecular formula is C16H20Cl2N2O5S. The van der Waals surface area contributed by atoms with E-state index in [4.69, 9.17) is 27.9 Å². The molecule has 0 saturated heterocycles. The Morgan fingerprint density at radius 1 is 1.19 bits per heavy atom. The third kappa shape index (κ3) is 6.95. The molecule has 0 aliphatic heterocycles. The molecule has 0 aromatic heterocycles. The topological polar surface area (TPSA) is 102 Å². The number of Topliss-reactive ketones (excluding diaryl/α,β-unsaturated/α-hetero) is 1. The largest absolute Gasteiger partial charge is 0.482 e. The predicted octanol–water partition coefficient (Wildman–Crippen LogP) is 2.19. The van der Waals surface area contributed by atoms with Gasteiger partial charge in [-0.3, -0.25) is 9.59 Å². The summed E-state index contributed by atoms with van der Waals surface area (Å²) in [5.74, 6) is -0.617. The molecule has 2 N–H and O–H groups in total. The molecule has 0 bridgehead atoms. The minimum atomic E-state index is -3.31. The molecule has 1 aromatic rings. The van der Waals surface area contributed by atoms with Crippen molar-refractivity contribution in [1.82, 2.24) is 10.0 Å². The van der Waals surface area contributed by atoms with Gasteiger partial charge in [0.1, 0.15) is 10.8 Å². The van der Waals surface area contributed by atoms with Crippen LogP contribution in [-0.4, -0.2) is 46.1 Å². The molecule has 0 spiro atoms. The maximum atomic E-state index is 12.1. The molecule has 144 valence electrons. The Kier molecular flexibility index (Phi) is 8.55. The maximum absolute atomic E-state index is 12.1. The zero-order valence-electron chi connectivity index (χ0n) is 14.4. The highest BCUT2D eigenvalue weighted by atomic mass is 35.5. The predicted molar refractivity (Wildman–Crippen MR) is 102 cm³/mol. The normalized spacial score (nSPS) is 11.1. The van der Waals surface area contributed by atoms with Crippen molar-refractivity contribution in [2.45, 2.75) is 13.3 Å². The summed E-state index contributed by atoms with van der Waals surface area (Å²) in [6, 6.07) is 2.91. The van der Waals surface area contributed by atoms with E-state index in [0.717, 1.165) is 6.26 Å². The molecular weight excluding hydrogens is 403 g/mol. The number of rotatable bonds is 10. The van der Waals surface area contributed by atoms with Gasteiger partial charge in [-0.2, -0.15) is 0 Å². The van der Waals surface area contributed by atoms with Gasteiger partial charge in [0.15, 0.2) is 12.4 Å². The number of halogens is 2. The van der Waals surface area contributed by atoms with Gasteiger partial charge in [-0.1, -0.05) is 36.7 Å². The first kappa shape index (κ1) is 22.4. The maximum Gasteiger partial charge on any atom is 0.257 e. The van der Waals surface area contributed by atoms with Crippen LogP contribution in [0.25, 0.3) is 0 Å². The van der Waals surface area contributed by atoms with E-state index < -0.39 is 15.9 Å². The summed E-state index contributed by atoms with van der Waals surface area (Å²) < 4.78 is 29.3. The average molecular weight is 423 g/mol. The van der Waals surface area contributed by atoms with E-state index in [-0.39, 0.29) is 46.8 Å². The standard InChI is InChI=1S/C16H20Cl2N2O5S/c1-4-10(2)16(22)11-5-6-12(15(18)14(11)17)25-9-13(21)19-7-8-20-26(3,23)24/h5-6,20H,2,4,7-9H2,1,3H3,(H,19,21). The summed E-state index contributed by atoms with van der Waals surface area (Å²) in [5, 5.41) is 2.53. The van der Waals surface area contributed by atoms with E-state index in [1.54, 1.807) is 6.92 Å². The molecule has 7 nitrogen and oxygen atoms in total. The number of carbonyl (C=O) groups excluding carboxylic acids is 2. The van der Waals surface area contributed by atoms with Crippen molar-refractivity contribution >= 4 is 44.9 Å². The quantitative estimate of drug-likeness (QED) is 0.341. The Hall–Kier alpha value is -1.61. The van der Waals surface area contributed by atoms with Gasteiger partial charge < -0.3 is 10.1 Å². The molecule has 1 amide bonds. The Balaban J connectivity index is 2.63. The monoisotopic (exact) mass is 422 g/mol. The van der Waals surface area contributed by atoms with Gasteiger partial charge in [-0.05, 0) is 24.1 Å². The van der Waals surface area contributed by atoms with E-state index in [9.17, 15) is 18.0 Å². The number of ketones is 1. The molecule has 1 rings (SSSR count). The van der Waals surface area contributed by atoms with Crippen molar-refractivity contribution in [3.8, 4) is 5.75 Å². The molecule has 0 aliphatic rings. The van der Waals surface area contributed by atoms with Gasteiger partial charge in [0.05, 0.1) is 11.3 Å². The molecule has 0 fully saturated rings. The summed E-state index contributed by atoms with van der Waals surface area (Å²) in [5.41, 5.74) is 0.617. The summed E-state index contributed by atoms with van der Waals surface area (Å²) in [4.78, 5) is 23.8. The van der Waals surface area contributed by atoms with Crippen LogP contribution < -0.4 is 14.8 Å². The molecule has 26 heavy (non-hydrogen) atoms. The SMILES string of the molecule is C=C(CC)C(=O)c1ccc(OCC(=O)NCCNS(C)(=O)=O)c(Cl)c1Cl. The van der Waals surface area contributed by atoms with Crippen molar-refractivity contribution in [1.29, 1.82) is 0 Å². The van der Waals surface area contributed by atoms with Crippen molar-refractivity contribution in [2.75, 3.05) is 26.0 Å². The number of benzene rings is 1. The van der Waals surface area contributed by atoms with Gasteiger partial charge >= 0.3 is 0 Å². The minimum Gasteiger partial charge on any atom is -0.482 e. The van der Waals surface area contributed by atoms with Gasteiger partial charge in [-0.25, -0.2) is 13.1 Å². The van der Waals surface area contributed by atoms with Crippen LogP contribution in [0.5, 0.6) is 5.75 Å². The van der Waals surface area contributed by atoms with E-state index in [0.29, 0.717) is 12.0 Å². The van der Waals surface area contributed by atoms with Gasteiger partial charge in [0.25, 0.3) is 5.91 Å². The van der Waals surface area contributed by atoms with Crippen molar-refractivity contribution in [3.63, 3.8) is 0 Å². The smallest absolute Gasteiger partial charge is 0.257 e. The molecule has 0 unspecified atom stereocenters. The molecule has 0 aliphatic carbocycles. The number of hydrogen-bond donors (Lipinski definition) is 2. The second-order valence-corrected chi connectivity index (χ2v) is 7.92. The Morgan fingerprint density at radius 2 is 1.85 bits per heavy atom. The molecule has 0 radical (unpaired) electrons. The summed E-state index contributed by atoms with van der Waals surface area (Å²) in [6.45, 7) is 5.31. The van der Waals surface area contributed by atoms with Crippen molar-refractivity contribution in [3.05, 3.63) is 39.9 Å². The van der Waals surface area contributed by atoms with Crippen LogP contribution in [0.2, 0.25) is 10.0 Å². The molecule has 0 saturated carbocycles. The lowest BCUT2D eigenvalue weighted by Crippen LogP contribution is -2.36. The summed E-state index contributed by atoms with van der Waals surface area (Å²) >= 11 is 12.2.